The zero-order chi connectivity index (χ0) is 23.6. The van der Waals surface area contributed by atoms with Crippen LogP contribution in [0.5, 0.6) is 0 Å². The molecular formula is C25H28N6O. The van der Waals surface area contributed by atoms with Gasteiger partial charge in [-0.25, -0.2) is 0 Å². The van der Waals surface area contributed by atoms with Crippen molar-refractivity contribution in [2.75, 3.05) is 0 Å². The van der Waals surface area contributed by atoms with Gasteiger partial charge in [0.05, 0.1) is 34.8 Å². The molecule has 1 unspecified atom stereocenters. The Kier molecular flexibility index (Phi) is 6.17. The Bertz CT molecular complexity index is 1290. The largest absolute Gasteiger partial charge is 0.400 e. The van der Waals surface area contributed by atoms with Crippen molar-refractivity contribution in [1.29, 1.82) is 5.26 Å². The average molecular weight is 429 g/mol. The maximum Gasteiger partial charge on any atom is 0.226 e. The number of hydrogen-bond acceptors (Lipinski definition) is 5. The molecule has 0 aliphatic rings. The summed E-state index contributed by atoms with van der Waals surface area (Å²) in [5.41, 5.74) is 17.2. The summed E-state index contributed by atoms with van der Waals surface area (Å²) in [6, 6.07) is 14.0. The van der Waals surface area contributed by atoms with Crippen molar-refractivity contribution in [3.8, 4) is 6.07 Å². The van der Waals surface area contributed by atoms with E-state index in [1.54, 1.807) is 13.1 Å². The Labute approximate surface area is 187 Å². The van der Waals surface area contributed by atoms with Crippen LogP contribution in [0.15, 0.2) is 53.3 Å². The zero-order valence-corrected chi connectivity index (χ0v) is 19.0. The first-order valence-electron chi connectivity index (χ1n) is 10.4. The molecule has 1 heterocycles. The number of carbonyl (C=O) groups is 1. The highest BCUT2D eigenvalue weighted by atomic mass is 16.1. The lowest BCUT2D eigenvalue weighted by Gasteiger charge is -2.18. The van der Waals surface area contributed by atoms with Crippen molar-refractivity contribution in [1.82, 2.24) is 10.2 Å². The van der Waals surface area contributed by atoms with Crippen LogP contribution in [0.3, 0.4) is 0 Å². The monoisotopic (exact) mass is 428 g/mol. The van der Waals surface area contributed by atoms with Gasteiger partial charge in [-0.2, -0.15) is 10.4 Å². The molecule has 0 radical (unpaired) electrons. The molecule has 0 aliphatic carbocycles. The lowest BCUT2D eigenvalue weighted by molar-refractivity contribution is -0.120. The lowest BCUT2D eigenvalue weighted by Crippen LogP contribution is -2.26. The lowest BCUT2D eigenvalue weighted by atomic mass is 9.85. The quantitative estimate of drug-likeness (QED) is 0.513. The van der Waals surface area contributed by atoms with Crippen LogP contribution < -0.4 is 11.5 Å². The predicted molar refractivity (Wildman–Crippen MR) is 128 cm³/mol. The number of rotatable bonds is 6. The van der Waals surface area contributed by atoms with Gasteiger partial charge in [0, 0.05) is 22.4 Å². The van der Waals surface area contributed by atoms with Gasteiger partial charge in [0.25, 0.3) is 0 Å². The molecule has 1 amide bonds. The molecule has 164 valence electrons. The number of nitrogens with zero attached hydrogens (tertiary/aromatic N) is 3. The van der Waals surface area contributed by atoms with E-state index < -0.39 is 17.2 Å². The molecule has 5 N–H and O–H groups in total. The molecule has 0 saturated heterocycles. The van der Waals surface area contributed by atoms with Gasteiger partial charge in [0.15, 0.2) is 0 Å². The third-order valence-corrected chi connectivity index (χ3v) is 5.80. The second-order valence-corrected chi connectivity index (χ2v) is 8.53. The number of aromatic amines is 1. The standard InChI is InChI=1S/C25H28N6O/c1-14-9-10-20-19(12-29-31-20)21(14)23(22(27)15(2)24(28)32)30-16(3)17-7-6-8-18(11-17)25(4,5)13-26/h6-12,15H,27H2,1-5H3,(H2,28,32)(H,29,31)/b23-22+,30-16?. The van der Waals surface area contributed by atoms with E-state index in [4.69, 9.17) is 16.5 Å². The van der Waals surface area contributed by atoms with Gasteiger partial charge in [-0.3, -0.25) is 14.9 Å². The van der Waals surface area contributed by atoms with E-state index in [-0.39, 0.29) is 0 Å². The minimum atomic E-state index is -0.702. The fraction of sp³-hybridized carbons (Fsp3) is 0.280. The van der Waals surface area contributed by atoms with Crippen LogP contribution in [0.2, 0.25) is 0 Å². The Hall–Kier alpha value is -3.92. The van der Waals surface area contributed by atoms with Crippen LogP contribution in [-0.4, -0.2) is 21.8 Å². The third-order valence-electron chi connectivity index (χ3n) is 5.80. The van der Waals surface area contributed by atoms with Crippen molar-refractivity contribution in [2.24, 2.45) is 22.4 Å². The fourth-order valence-corrected chi connectivity index (χ4v) is 3.49. The van der Waals surface area contributed by atoms with Gasteiger partial charge >= 0.3 is 0 Å². The van der Waals surface area contributed by atoms with E-state index in [1.807, 2.05) is 64.1 Å². The van der Waals surface area contributed by atoms with Crippen LogP contribution in [0, 0.1) is 24.2 Å². The maximum atomic E-state index is 11.9. The molecule has 3 aromatic rings. The highest BCUT2D eigenvalue weighted by Gasteiger charge is 2.22. The normalized spacial score (nSPS) is 14.1. The topological polar surface area (TPSA) is 134 Å². The first kappa shape index (κ1) is 22.8. The van der Waals surface area contributed by atoms with Crippen LogP contribution in [0.4, 0.5) is 0 Å². The summed E-state index contributed by atoms with van der Waals surface area (Å²) in [6.07, 6.45) is 1.72. The van der Waals surface area contributed by atoms with Gasteiger partial charge in [-0.1, -0.05) is 24.3 Å². The first-order valence-corrected chi connectivity index (χ1v) is 10.4. The number of aliphatic imine (C=N–C) groups is 1. The number of fused-ring (bicyclic) bond motifs is 1. The Morgan fingerprint density at radius 2 is 1.97 bits per heavy atom. The summed E-state index contributed by atoms with van der Waals surface area (Å²) in [7, 11) is 0. The zero-order valence-electron chi connectivity index (χ0n) is 19.0. The Morgan fingerprint density at radius 1 is 1.25 bits per heavy atom. The van der Waals surface area contributed by atoms with Gasteiger partial charge < -0.3 is 11.5 Å². The molecule has 0 spiro atoms. The van der Waals surface area contributed by atoms with Gasteiger partial charge in [0.1, 0.15) is 0 Å². The highest BCUT2D eigenvalue weighted by molar-refractivity contribution is 6.04. The summed E-state index contributed by atoms with van der Waals surface area (Å²) >= 11 is 0. The highest BCUT2D eigenvalue weighted by Crippen LogP contribution is 2.32. The smallest absolute Gasteiger partial charge is 0.226 e. The van der Waals surface area contributed by atoms with Crippen molar-refractivity contribution in [2.45, 2.75) is 40.0 Å². The summed E-state index contributed by atoms with van der Waals surface area (Å²) in [6.45, 7) is 9.26. The van der Waals surface area contributed by atoms with Gasteiger partial charge in [-0.15, -0.1) is 0 Å². The Morgan fingerprint density at radius 3 is 2.62 bits per heavy atom. The molecule has 0 aliphatic heterocycles. The molecule has 0 saturated carbocycles. The number of aryl methyl sites for hydroxylation is 1. The van der Waals surface area contributed by atoms with E-state index >= 15 is 0 Å². The molecule has 3 rings (SSSR count). The third kappa shape index (κ3) is 4.26. The number of nitrogens with one attached hydrogen (secondary N) is 1. The van der Waals surface area contributed by atoms with Crippen molar-refractivity contribution < 1.29 is 4.79 Å². The second kappa shape index (κ2) is 8.67. The number of primary amides is 1. The summed E-state index contributed by atoms with van der Waals surface area (Å²) < 4.78 is 0. The predicted octanol–water partition coefficient (Wildman–Crippen LogP) is 3.93. The molecule has 2 aromatic carbocycles. The maximum absolute atomic E-state index is 11.9. The Balaban J connectivity index is 2.26. The molecule has 1 atom stereocenters. The molecule has 7 nitrogen and oxygen atoms in total. The molecule has 1 aromatic heterocycles. The van der Waals surface area contributed by atoms with Crippen molar-refractivity contribution >= 4 is 28.2 Å². The van der Waals surface area contributed by atoms with E-state index in [2.05, 4.69) is 16.3 Å². The molecule has 7 heteroatoms. The number of benzene rings is 2. The second-order valence-electron chi connectivity index (χ2n) is 8.53. The number of nitriles is 1. The number of hydrogen-bond donors (Lipinski definition) is 3. The van der Waals surface area contributed by atoms with Crippen molar-refractivity contribution in [3.63, 3.8) is 0 Å². The van der Waals surface area contributed by atoms with Crippen molar-refractivity contribution in [3.05, 3.63) is 70.5 Å². The SMILES string of the molecule is CC(=N/C(=C(/N)C(C)C(N)=O)c1c(C)ccc2[nH]ncc12)c1cccc(C(C)(C)C#N)c1. The number of amides is 1. The fourth-order valence-electron chi connectivity index (χ4n) is 3.49. The summed E-state index contributed by atoms with van der Waals surface area (Å²) in [4.78, 5) is 16.8. The first-order chi connectivity index (χ1) is 15.1. The molecule has 0 bridgehead atoms. The molecule has 0 fully saturated rings. The minimum absolute atomic E-state index is 0.294. The average Bonchev–Trinajstić information content (AvgIpc) is 3.25. The van der Waals surface area contributed by atoms with E-state index in [9.17, 15) is 10.1 Å². The molecule has 32 heavy (non-hydrogen) atoms. The van der Waals surface area contributed by atoms with Crippen LogP contribution >= 0.6 is 0 Å². The number of H-pyrrole nitrogens is 1. The molecular weight excluding hydrogens is 400 g/mol. The number of aromatic nitrogens is 2. The van der Waals surface area contributed by atoms with Crippen LogP contribution in [0.1, 0.15) is 49.9 Å². The van der Waals surface area contributed by atoms with Crippen LogP contribution in [0.25, 0.3) is 16.6 Å². The van der Waals surface area contributed by atoms with Crippen LogP contribution in [-0.2, 0) is 10.2 Å². The minimum Gasteiger partial charge on any atom is -0.400 e. The van der Waals surface area contributed by atoms with E-state index in [1.165, 1.54) is 0 Å². The van der Waals surface area contributed by atoms with E-state index in [0.29, 0.717) is 17.1 Å². The number of nitrogens with two attached hydrogens (primary N) is 2. The van der Waals surface area contributed by atoms with E-state index in [0.717, 1.165) is 33.2 Å². The van der Waals surface area contributed by atoms with Gasteiger partial charge in [-0.05, 0) is 63.4 Å². The van der Waals surface area contributed by atoms with Gasteiger partial charge in [0.2, 0.25) is 5.91 Å². The number of carbonyl (C=O) groups excluding carboxylic acids is 1. The summed E-state index contributed by atoms with van der Waals surface area (Å²) in [5, 5.41) is 17.5. The summed E-state index contributed by atoms with van der Waals surface area (Å²) in [5.74, 6) is -1.23.